The maximum absolute atomic E-state index is 12.5. The Morgan fingerprint density at radius 1 is 1.36 bits per heavy atom. The topological polar surface area (TPSA) is 109 Å². The number of nitrogens with zero attached hydrogens (tertiary/aromatic N) is 6. The molecule has 0 radical (unpaired) electrons. The number of nitro groups is 1. The minimum Gasteiger partial charge on any atom is -0.352 e. The molecule has 11 heteroatoms. The predicted octanol–water partition coefficient (Wildman–Crippen LogP) is 1.37. The number of carbonyl (C=O) groups excluding carboxylic acids is 1. The van der Waals surface area contributed by atoms with Gasteiger partial charge in [-0.05, 0) is 0 Å². The van der Waals surface area contributed by atoms with Crippen molar-refractivity contribution < 1.29 is 9.72 Å². The quantitative estimate of drug-likeness (QED) is 0.224. The van der Waals surface area contributed by atoms with Crippen LogP contribution in [0.25, 0.3) is 0 Å². The first-order chi connectivity index (χ1) is 13.0. The molecule has 1 aromatic carbocycles. The van der Waals surface area contributed by atoms with Crippen LogP contribution in [-0.2, 0) is 18.4 Å². The normalized spacial score (nSPS) is 14.6. The van der Waals surface area contributed by atoms with E-state index in [1.54, 1.807) is 54.3 Å². The Hall–Kier alpha value is -2.70. The Labute approximate surface area is 179 Å². The highest BCUT2D eigenvalue weighted by Gasteiger charge is 2.27. The Kier molecular flexibility index (Phi) is 7.31. The molecule has 10 nitrogen and oxygen atoms in total. The van der Waals surface area contributed by atoms with Gasteiger partial charge in [0.25, 0.3) is 5.69 Å². The SMILES string of the molecule is CN=C(NCc1ccccc1[N+](=O)[O-])N1CCN(c2cnn(C)c2)C(=O)C1.I. The van der Waals surface area contributed by atoms with E-state index in [2.05, 4.69) is 15.4 Å². The number of aliphatic imine (C=N–C) groups is 1. The van der Waals surface area contributed by atoms with Gasteiger partial charge in [-0.15, -0.1) is 24.0 Å². The number of aromatic nitrogens is 2. The van der Waals surface area contributed by atoms with Crippen molar-refractivity contribution in [2.75, 3.05) is 31.6 Å². The molecule has 0 bridgehead atoms. The number of nitrogens with one attached hydrogen (secondary N) is 1. The molecule has 1 saturated heterocycles. The first kappa shape index (κ1) is 21.6. The summed E-state index contributed by atoms with van der Waals surface area (Å²) < 4.78 is 1.65. The zero-order valence-electron chi connectivity index (χ0n) is 15.6. The van der Waals surface area contributed by atoms with E-state index in [-0.39, 0.29) is 48.7 Å². The van der Waals surface area contributed by atoms with Crippen LogP contribution in [0.2, 0.25) is 0 Å². The van der Waals surface area contributed by atoms with Crippen LogP contribution in [0.4, 0.5) is 11.4 Å². The summed E-state index contributed by atoms with van der Waals surface area (Å²) in [6.45, 7) is 1.53. The molecule has 1 amide bonds. The Morgan fingerprint density at radius 3 is 2.71 bits per heavy atom. The van der Waals surface area contributed by atoms with Crippen LogP contribution in [0.15, 0.2) is 41.7 Å². The molecule has 1 aromatic heterocycles. The fourth-order valence-electron chi connectivity index (χ4n) is 3.02. The number of carbonyl (C=O) groups is 1. The van der Waals surface area contributed by atoms with Gasteiger partial charge in [0.1, 0.15) is 6.54 Å². The second-order valence-electron chi connectivity index (χ2n) is 6.13. The average molecular weight is 499 g/mol. The molecule has 1 aliphatic rings. The third kappa shape index (κ3) is 4.77. The maximum atomic E-state index is 12.5. The van der Waals surface area contributed by atoms with Crippen LogP contribution < -0.4 is 10.2 Å². The van der Waals surface area contributed by atoms with Crippen LogP contribution in [0.1, 0.15) is 5.56 Å². The molecule has 2 heterocycles. The van der Waals surface area contributed by atoms with Crippen LogP contribution >= 0.6 is 24.0 Å². The molecular formula is C17H22IN7O3. The van der Waals surface area contributed by atoms with Gasteiger partial charge >= 0.3 is 0 Å². The molecule has 0 aliphatic carbocycles. The van der Waals surface area contributed by atoms with Crippen LogP contribution in [0, 0.1) is 10.1 Å². The van der Waals surface area contributed by atoms with E-state index < -0.39 is 4.92 Å². The molecular weight excluding hydrogens is 477 g/mol. The van der Waals surface area contributed by atoms with E-state index in [0.717, 1.165) is 5.69 Å². The summed E-state index contributed by atoms with van der Waals surface area (Å²) in [6, 6.07) is 6.55. The van der Waals surface area contributed by atoms with E-state index in [4.69, 9.17) is 0 Å². The molecule has 1 aliphatic heterocycles. The lowest BCUT2D eigenvalue weighted by molar-refractivity contribution is -0.385. The minimum absolute atomic E-state index is 0. The second-order valence-corrected chi connectivity index (χ2v) is 6.13. The zero-order chi connectivity index (χ0) is 19.4. The van der Waals surface area contributed by atoms with Gasteiger partial charge < -0.3 is 15.1 Å². The molecule has 0 saturated carbocycles. The fraction of sp³-hybridized carbons (Fsp3) is 0.353. The Bertz CT molecular complexity index is 883. The van der Waals surface area contributed by atoms with E-state index in [1.165, 1.54) is 6.07 Å². The highest BCUT2D eigenvalue weighted by Crippen LogP contribution is 2.18. The van der Waals surface area contributed by atoms with Gasteiger partial charge in [0, 0.05) is 51.6 Å². The zero-order valence-corrected chi connectivity index (χ0v) is 17.9. The first-order valence-corrected chi connectivity index (χ1v) is 8.46. The highest BCUT2D eigenvalue weighted by atomic mass is 127. The fourth-order valence-corrected chi connectivity index (χ4v) is 3.02. The summed E-state index contributed by atoms with van der Waals surface area (Å²) in [5, 5.41) is 18.3. The van der Waals surface area contributed by atoms with Gasteiger partial charge in [-0.1, -0.05) is 18.2 Å². The summed E-state index contributed by atoms with van der Waals surface area (Å²) in [5.74, 6) is 0.482. The number of rotatable bonds is 4. The monoisotopic (exact) mass is 499 g/mol. The number of para-hydroxylation sites is 1. The summed E-state index contributed by atoms with van der Waals surface area (Å²) in [5.41, 5.74) is 1.38. The number of hydrogen-bond donors (Lipinski definition) is 1. The molecule has 1 fully saturated rings. The van der Waals surface area contributed by atoms with Gasteiger partial charge in [-0.3, -0.25) is 24.6 Å². The number of hydrogen-bond acceptors (Lipinski definition) is 5. The van der Waals surface area contributed by atoms with Gasteiger partial charge in [-0.25, -0.2) is 0 Å². The molecule has 1 N–H and O–H groups in total. The lowest BCUT2D eigenvalue weighted by atomic mass is 10.2. The largest absolute Gasteiger partial charge is 0.352 e. The summed E-state index contributed by atoms with van der Waals surface area (Å²) in [4.78, 5) is 31.0. The van der Waals surface area contributed by atoms with Gasteiger partial charge in [0.2, 0.25) is 5.91 Å². The molecule has 2 aromatic rings. The number of guanidine groups is 1. The Balaban J connectivity index is 0.00000280. The van der Waals surface area contributed by atoms with Crippen molar-refractivity contribution in [2.45, 2.75) is 6.54 Å². The summed E-state index contributed by atoms with van der Waals surface area (Å²) >= 11 is 0. The molecule has 150 valence electrons. The summed E-state index contributed by atoms with van der Waals surface area (Å²) in [6.07, 6.45) is 3.46. The van der Waals surface area contributed by atoms with Crippen molar-refractivity contribution >= 4 is 47.2 Å². The number of aryl methyl sites for hydroxylation is 1. The van der Waals surface area contributed by atoms with E-state index >= 15 is 0 Å². The molecule has 0 atom stereocenters. The van der Waals surface area contributed by atoms with Crippen molar-refractivity contribution in [2.24, 2.45) is 12.0 Å². The Morgan fingerprint density at radius 2 is 2.11 bits per heavy atom. The number of halogens is 1. The third-order valence-corrected chi connectivity index (χ3v) is 4.36. The van der Waals surface area contributed by atoms with Crippen molar-refractivity contribution in [3.63, 3.8) is 0 Å². The van der Waals surface area contributed by atoms with E-state index in [9.17, 15) is 14.9 Å². The molecule has 28 heavy (non-hydrogen) atoms. The van der Waals surface area contributed by atoms with Crippen LogP contribution in [-0.4, -0.2) is 58.2 Å². The van der Waals surface area contributed by atoms with Crippen LogP contribution in [0.5, 0.6) is 0 Å². The average Bonchev–Trinajstić information content (AvgIpc) is 3.08. The summed E-state index contributed by atoms with van der Waals surface area (Å²) in [7, 11) is 3.43. The van der Waals surface area contributed by atoms with Gasteiger partial charge in [0.15, 0.2) is 5.96 Å². The number of amides is 1. The highest BCUT2D eigenvalue weighted by molar-refractivity contribution is 14.0. The van der Waals surface area contributed by atoms with Gasteiger partial charge in [-0.2, -0.15) is 5.10 Å². The molecule has 3 rings (SSSR count). The van der Waals surface area contributed by atoms with Gasteiger partial charge in [0.05, 0.1) is 16.8 Å². The first-order valence-electron chi connectivity index (χ1n) is 8.46. The second kappa shape index (κ2) is 9.48. The smallest absolute Gasteiger partial charge is 0.274 e. The van der Waals surface area contributed by atoms with E-state index in [0.29, 0.717) is 24.6 Å². The maximum Gasteiger partial charge on any atom is 0.274 e. The van der Waals surface area contributed by atoms with Crippen molar-refractivity contribution in [3.8, 4) is 0 Å². The van der Waals surface area contributed by atoms with E-state index in [1.807, 2.05) is 4.90 Å². The van der Waals surface area contributed by atoms with Crippen molar-refractivity contribution in [1.29, 1.82) is 0 Å². The molecule has 0 unspecified atom stereocenters. The standard InChI is InChI=1S/C17H21N7O3.HI/c1-18-17(19-9-13-5-3-4-6-15(13)24(26)27)22-7-8-23(16(25)12-22)14-10-20-21(2)11-14;/h3-6,10-11H,7-9,12H2,1-2H3,(H,18,19);1H. The molecule has 0 spiro atoms. The van der Waals surface area contributed by atoms with Crippen LogP contribution in [0.3, 0.4) is 0 Å². The minimum atomic E-state index is -0.407. The number of nitro benzene ring substituents is 1. The lowest BCUT2D eigenvalue weighted by Gasteiger charge is -2.35. The number of anilines is 1. The van der Waals surface area contributed by atoms with Crippen molar-refractivity contribution in [1.82, 2.24) is 20.0 Å². The number of benzene rings is 1. The predicted molar refractivity (Wildman–Crippen MR) is 116 cm³/mol. The van der Waals surface area contributed by atoms with Crippen molar-refractivity contribution in [3.05, 3.63) is 52.3 Å². The number of piperazine rings is 1. The lowest BCUT2D eigenvalue weighted by Crippen LogP contribution is -2.55. The third-order valence-electron chi connectivity index (χ3n) is 4.36.